The van der Waals surface area contributed by atoms with Gasteiger partial charge in [0.25, 0.3) is 5.91 Å². The number of hydrogen-bond donors (Lipinski definition) is 3. The zero-order chi connectivity index (χ0) is 23.8. The second-order valence-corrected chi connectivity index (χ2v) is 8.24. The Bertz CT molecular complexity index is 1530. The van der Waals surface area contributed by atoms with Crippen LogP contribution in [0.5, 0.6) is 0 Å². The second kappa shape index (κ2) is 8.56. The predicted molar refractivity (Wildman–Crippen MR) is 117 cm³/mol. The molecule has 5 rings (SSSR count). The Labute approximate surface area is 192 Å². The van der Waals surface area contributed by atoms with E-state index in [0.717, 1.165) is 23.2 Å². The molecule has 8 nitrogen and oxygen atoms in total. The zero-order valence-electron chi connectivity index (χ0n) is 17.0. The van der Waals surface area contributed by atoms with E-state index in [4.69, 9.17) is 0 Å². The normalized spacial score (nSPS) is 11.1. The number of nitrogens with one attached hydrogen (secondary N) is 3. The zero-order valence-corrected chi connectivity index (χ0v) is 17.8. The van der Waals surface area contributed by atoms with Gasteiger partial charge in [-0.15, -0.1) is 10.2 Å². The van der Waals surface area contributed by atoms with Crippen LogP contribution in [0.1, 0.15) is 31.4 Å². The molecule has 12 heteroatoms. The van der Waals surface area contributed by atoms with E-state index in [0.29, 0.717) is 27.8 Å². The van der Waals surface area contributed by atoms with E-state index in [1.807, 2.05) is 24.3 Å². The van der Waals surface area contributed by atoms with Crippen LogP contribution in [0.3, 0.4) is 0 Å². The van der Waals surface area contributed by atoms with Gasteiger partial charge in [0.15, 0.2) is 10.8 Å². The molecule has 0 saturated heterocycles. The number of carbonyl (C=O) groups excluding carboxylic acids is 2. The minimum atomic E-state index is -1.33. The molecule has 0 atom stereocenters. The molecule has 0 saturated carbocycles. The molecular formula is C22H13F3N6O2S. The van der Waals surface area contributed by atoms with Crippen molar-refractivity contribution in [3.63, 3.8) is 0 Å². The van der Waals surface area contributed by atoms with E-state index < -0.39 is 34.7 Å². The molecule has 170 valence electrons. The molecule has 0 aliphatic heterocycles. The molecule has 0 spiro atoms. The average molecular weight is 482 g/mol. The number of H-pyrrole nitrogens is 2. The number of aromatic nitrogens is 5. The molecule has 2 aromatic carbocycles. The first-order valence-corrected chi connectivity index (χ1v) is 10.6. The van der Waals surface area contributed by atoms with Crippen LogP contribution in [0.2, 0.25) is 0 Å². The largest absolute Gasteiger partial charge is 0.356 e. The van der Waals surface area contributed by atoms with Gasteiger partial charge in [-0.05, 0) is 12.1 Å². The number of para-hydroxylation sites is 1. The van der Waals surface area contributed by atoms with Gasteiger partial charge in [0.1, 0.15) is 33.8 Å². The van der Waals surface area contributed by atoms with Crippen LogP contribution in [0.4, 0.5) is 13.2 Å². The van der Waals surface area contributed by atoms with Gasteiger partial charge in [-0.25, -0.2) is 13.2 Å². The van der Waals surface area contributed by atoms with Crippen molar-refractivity contribution in [2.24, 2.45) is 0 Å². The van der Waals surface area contributed by atoms with Crippen molar-refractivity contribution in [2.75, 3.05) is 0 Å². The van der Waals surface area contributed by atoms with Crippen molar-refractivity contribution in [2.45, 2.75) is 6.54 Å². The van der Waals surface area contributed by atoms with Gasteiger partial charge in [0, 0.05) is 29.3 Å². The number of nitrogens with zero attached hydrogens (tertiary/aromatic N) is 3. The van der Waals surface area contributed by atoms with Crippen molar-refractivity contribution in [3.05, 3.63) is 87.9 Å². The van der Waals surface area contributed by atoms with Gasteiger partial charge in [-0.2, -0.15) is 5.10 Å². The lowest BCUT2D eigenvalue weighted by atomic mass is 10.0. The summed E-state index contributed by atoms with van der Waals surface area (Å²) in [5, 5.41) is 20.0. The molecule has 3 N–H and O–H groups in total. The molecule has 1 amide bonds. The summed E-state index contributed by atoms with van der Waals surface area (Å²) in [6.45, 7) is 0.0579. The van der Waals surface area contributed by atoms with Crippen molar-refractivity contribution in [1.29, 1.82) is 0 Å². The van der Waals surface area contributed by atoms with Crippen molar-refractivity contribution < 1.29 is 22.8 Å². The summed E-state index contributed by atoms with van der Waals surface area (Å²) in [6.07, 6.45) is 1.14. The van der Waals surface area contributed by atoms with Crippen LogP contribution in [0, 0.1) is 17.5 Å². The number of ketones is 1. The molecule has 0 aliphatic carbocycles. The number of rotatable bonds is 6. The fraction of sp³-hybridized carbons (Fsp3) is 0.0455. The van der Waals surface area contributed by atoms with Gasteiger partial charge in [-0.1, -0.05) is 29.5 Å². The smallest absolute Gasteiger partial charge is 0.268 e. The minimum Gasteiger partial charge on any atom is -0.356 e. The van der Waals surface area contributed by atoms with Gasteiger partial charge in [0.05, 0.1) is 17.6 Å². The number of halogens is 3. The molecule has 0 bridgehead atoms. The number of amides is 1. The van der Waals surface area contributed by atoms with Gasteiger partial charge in [-0.3, -0.25) is 14.7 Å². The first-order valence-electron chi connectivity index (χ1n) is 9.82. The van der Waals surface area contributed by atoms with E-state index in [-0.39, 0.29) is 17.8 Å². The van der Waals surface area contributed by atoms with E-state index in [2.05, 4.69) is 30.7 Å². The quantitative estimate of drug-likeness (QED) is 0.317. The fourth-order valence-corrected chi connectivity index (χ4v) is 4.14. The number of aromatic amines is 2. The van der Waals surface area contributed by atoms with Gasteiger partial charge in [0.2, 0.25) is 0 Å². The first-order chi connectivity index (χ1) is 16.4. The van der Waals surface area contributed by atoms with E-state index >= 15 is 0 Å². The molecule has 34 heavy (non-hydrogen) atoms. The van der Waals surface area contributed by atoms with Crippen LogP contribution >= 0.6 is 11.3 Å². The molecule has 5 aromatic rings. The maximum Gasteiger partial charge on any atom is 0.268 e. The van der Waals surface area contributed by atoms with E-state index in [1.165, 1.54) is 11.3 Å². The Morgan fingerprint density at radius 3 is 2.59 bits per heavy atom. The van der Waals surface area contributed by atoms with Crippen LogP contribution < -0.4 is 5.32 Å². The minimum absolute atomic E-state index is 0.00527. The summed E-state index contributed by atoms with van der Waals surface area (Å²) in [5.74, 6) is -5.38. The fourth-order valence-electron chi connectivity index (χ4n) is 3.36. The monoisotopic (exact) mass is 482 g/mol. The highest BCUT2D eigenvalue weighted by Gasteiger charge is 2.22. The van der Waals surface area contributed by atoms with Crippen molar-refractivity contribution in [1.82, 2.24) is 30.7 Å². The topological polar surface area (TPSA) is 116 Å². The maximum absolute atomic E-state index is 13.9. The van der Waals surface area contributed by atoms with Crippen LogP contribution in [0.25, 0.3) is 21.6 Å². The lowest BCUT2D eigenvalue weighted by molar-refractivity contribution is 0.0946. The summed E-state index contributed by atoms with van der Waals surface area (Å²) < 4.78 is 40.9. The summed E-state index contributed by atoms with van der Waals surface area (Å²) in [6, 6.07) is 9.56. The Morgan fingerprint density at radius 1 is 1.03 bits per heavy atom. The standard InChI is InChI=1S/C22H13F3N6O2S/c23-11-6-13(24)18(14(25)7-11)20(32)10-5-16(26-8-10)21(33)27-9-17-29-31-22(34-17)19-12-3-1-2-4-15(12)28-30-19/h1-8,26H,9H2,(H,27,33)(H,28,30). The summed E-state index contributed by atoms with van der Waals surface area (Å²) >= 11 is 1.26. The Balaban J connectivity index is 1.27. The molecule has 0 unspecified atom stereocenters. The number of fused-ring (bicyclic) bond motifs is 1. The lowest BCUT2D eigenvalue weighted by Gasteiger charge is -2.03. The predicted octanol–water partition coefficient (Wildman–Crippen LogP) is 3.99. The third-order valence-corrected chi connectivity index (χ3v) is 5.89. The molecule has 0 fully saturated rings. The highest BCUT2D eigenvalue weighted by molar-refractivity contribution is 7.14. The average Bonchev–Trinajstić information content (AvgIpc) is 3.56. The summed E-state index contributed by atoms with van der Waals surface area (Å²) in [4.78, 5) is 27.5. The van der Waals surface area contributed by atoms with E-state index in [1.54, 1.807) is 0 Å². The molecule has 3 heterocycles. The first kappa shape index (κ1) is 21.5. The Morgan fingerprint density at radius 2 is 1.79 bits per heavy atom. The highest BCUT2D eigenvalue weighted by Crippen LogP contribution is 2.28. The molecule has 0 radical (unpaired) electrons. The van der Waals surface area contributed by atoms with Gasteiger partial charge >= 0.3 is 0 Å². The van der Waals surface area contributed by atoms with Crippen molar-refractivity contribution in [3.8, 4) is 10.7 Å². The second-order valence-electron chi connectivity index (χ2n) is 7.18. The number of benzene rings is 2. The van der Waals surface area contributed by atoms with Crippen molar-refractivity contribution >= 4 is 33.9 Å². The van der Waals surface area contributed by atoms with E-state index in [9.17, 15) is 22.8 Å². The SMILES string of the molecule is O=C(NCc1nnc(-c2n[nH]c3ccccc23)s1)c1cc(C(=O)c2c(F)cc(F)cc2F)c[nH]1. The third kappa shape index (κ3) is 3.94. The lowest BCUT2D eigenvalue weighted by Crippen LogP contribution is -2.23. The molecule has 3 aromatic heterocycles. The number of hydrogen-bond acceptors (Lipinski definition) is 6. The number of carbonyl (C=O) groups is 2. The summed E-state index contributed by atoms with van der Waals surface area (Å²) in [5.41, 5.74) is 0.450. The third-order valence-electron chi connectivity index (χ3n) is 4.96. The van der Waals surface area contributed by atoms with Gasteiger partial charge < -0.3 is 10.3 Å². The van der Waals surface area contributed by atoms with Crippen LogP contribution in [0.15, 0.2) is 48.7 Å². The molecular weight excluding hydrogens is 469 g/mol. The highest BCUT2D eigenvalue weighted by atomic mass is 32.1. The van der Waals surface area contributed by atoms with Crippen LogP contribution in [-0.4, -0.2) is 37.1 Å². The summed E-state index contributed by atoms with van der Waals surface area (Å²) in [7, 11) is 0. The Kier molecular flexibility index (Phi) is 5.42. The molecule has 0 aliphatic rings. The Hall–Kier alpha value is -4.32. The van der Waals surface area contributed by atoms with Crippen LogP contribution in [-0.2, 0) is 6.54 Å². The maximum atomic E-state index is 13.9.